The van der Waals surface area contributed by atoms with Crippen LogP contribution in [0.3, 0.4) is 0 Å². The van der Waals surface area contributed by atoms with Crippen molar-refractivity contribution in [3.63, 3.8) is 0 Å². The van der Waals surface area contributed by atoms with Gasteiger partial charge in [-0.15, -0.1) is 5.10 Å². The van der Waals surface area contributed by atoms with Crippen molar-refractivity contribution < 1.29 is 22.7 Å². The Hall–Kier alpha value is -3.66. The second kappa shape index (κ2) is 8.46. The van der Waals surface area contributed by atoms with E-state index in [0.717, 1.165) is 11.6 Å². The lowest BCUT2D eigenvalue weighted by Gasteiger charge is -2.10. The fourth-order valence-corrected chi connectivity index (χ4v) is 3.07. The van der Waals surface area contributed by atoms with Crippen molar-refractivity contribution >= 4 is 23.3 Å². The average molecular weight is 462 g/mol. The molecule has 0 bridgehead atoms. The third kappa shape index (κ3) is 4.50. The molecule has 0 fully saturated rings. The maximum atomic E-state index is 13.7. The normalized spacial score (nSPS) is 11.5. The van der Waals surface area contributed by atoms with E-state index in [9.17, 15) is 18.0 Å². The maximum absolute atomic E-state index is 13.7. The highest BCUT2D eigenvalue weighted by Gasteiger charge is 2.36. The number of alkyl halides is 3. The minimum absolute atomic E-state index is 0.0352. The Balaban J connectivity index is 1.68. The Bertz CT molecular complexity index is 1270. The number of amides is 1. The molecule has 11 heteroatoms. The van der Waals surface area contributed by atoms with E-state index in [1.54, 1.807) is 48.5 Å². The van der Waals surface area contributed by atoms with Crippen LogP contribution >= 0.6 is 11.6 Å². The van der Waals surface area contributed by atoms with Crippen LogP contribution in [0.15, 0.2) is 54.6 Å². The SMILES string of the molecule is COc1ccc(-c2cc(C(F)(F)F)n3nc(C(=O)NCc4ccc(Cl)cc4)nc3n2)cc1. The van der Waals surface area contributed by atoms with Crippen LogP contribution in [0.4, 0.5) is 13.2 Å². The molecule has 32 heavy (non-hydrogen) atoms. The van der Waals surface area contributed by atoms with E-state index in [4.69, 9.17) is 16.3 Å². The summed E-state index contributed by atoms with van der Waals surface area (Å²) in [6.45, 7) is 0.127. The standard InChI is InChI=1S/C21H15ClF3N5O2/c1-32-15-8-4-13(5-9-15)16-10-17(21(23,24)25)30-20(27-16)28-18(29-30)19(31)26-11-12-2-6-14(22)7-3-12/h2-10H,11H2,1H3,(H,26,31). The predicted octanol–water partition coefficient (Wildman–Crippen LogP) is 4.40. The van der Waals surface area contributed by atoms with Gasteiger partial charge in [-0.1, -0.05) is 23.7 Å². The van der Waals surface area contributed by atoms with Gasteiger partial charge in [-0.05, 0) is 48.0 Å². The molecule has 0 aliphatic rings. The number of fused-ring (bicyclic) bond motifs is 1. The van der Waals surface area contributed by atoms with E-state index < -0.39 is 23.6 Å². The number of nitrogens with one attached hydrogen (secondary N) is 1. The van der Waals surface area contributed by atoms with Crippen LogP contribution in [0.2, 0.25) is 5.02 Å². The minimum Gasteiger partial charge on any atom is -0.497 e. The van der Waals surface area contributed by atoms with Gasteiger partial charge in [0.05, 0.1) is 12.8 Å². The molecule has 0 unspecified atom stereocenters. The predicted molar refractivity (Wildman–Crippen MR) is 110 cm³/mol. The minimum atomic E-state index is -4.74. The van der Waals surface area contributed by atoms with Gasteiger partial charge in [0.25, 0.3) is 11.7 Å². The first-order chi connectivity index (χ1) is 15.2. The molecule has 2 aromatic heterocycles. The van der Waals surface area contributed by atoms with Crippen LogP contribution in [0.1, 0.15) is 21.9 Å². The van der Waals surface area contributed by atoms with Gasteiger partial charge in [0.15, 0.2) is 5.69 Å². The number of methoxy groups -OCH3 is 1. The molecular weight excluding hydrogens is 447 g/mol. The molecule has 2 heterocycles. The molecule has 0 aliphatic heterocycles. The van der Waals surface area contributed by atoms with E-state index in [-0.39, 0.29) is 18.0 Å². The molecule has 0 saturated carbocycles. The lowest BCUT2D eigenvalue weighted by Crippen LogP contribution is -2.24. The van der Waals surface area contributed by atoms with E-state index in [1.165, 1.54) is 7.11 Å². The number of rotatable bonds is 5. The first-order valence-corrected chi connectivity index (χ1v) is 9.64. The van der Waals surface area contributed by atoms with Crippen molar-refractivity contribution in [3.05, 3.63) is 76.7 Å². The monoisotopic (exact) mass is 461 g/mol. The third-order valence-corrected chi connectivity index (χ3v) is 4.81. The molecule has 0 radical (unpaired) electrons. The summed E-state index contributed by atoms with van der Waals surface area (Å²) < 4.78 is 46.7. The van der Waals surface area contributed by atoms with E-state index >= 15 is 0 Å². The number of aromatic nitrogens is 4. The van der Waals surface area contributed by atoms with Gasteiger partial charge in [-0.2, -0.15) is 22.7 Å². The lowest BCUT2D eigenvalue weighted by atomic mass is 10.1. The van der Waals surface area contributed by atoms with Gasteiger partial charge < -0.3 is 10.1 Å². The molecular formula is C21H15ClF3N5O2. The molecule has 1 amide bonds. The quantitative estimate of drug-likeness (QED) is 0.476. The summed E-state index contributed by atoms with van der Waals surface area (Å²) in [6, 6.07) is 14.0. The van der Waals surface area contributed by atoms with Gasteiger partial charge in [0.1, 0.15) is 5.75 Å². The zero-order valence-corrected chi connectivity index (χ0v) is 17.3. The topological polar surface area (TPSA) is 81.4 Å². The fourth-order valence-electron chi connectivity index (χ4n) is 2.94. The van der Waals surface area contributed by atoms with Crippen molar-refractivity contribution in [3.8, 4) is 17.0 Å². The smallest absolute Gasteiger partial charge is 0.433 e. The van der Waals surface area contributed by atoms with E-state index in [1.807, 2.05) is 0 Å². The summed E-state index contributed by atoms with van der Waals surface area (Å²) in [6.07, 6.45) is -4.74. The largest absolute Gasteiger partial charge is 0.497 e. The molecule has 0 aliphatic carbocycles. The van der Waals surface area contributed by atoms with Gasteiger partial charge in [-0.25, -0.2) is 4.98 Å². The molecule has 7 nitrogen and oxygen atoms in total. The highest BCUT2D eigenvalue weighted by Crippen LogP contribution is 2.32. The molecule has 4 aromatic rings. The van der Waals surface area contributed by atoms with Crippen LogP contribution in [0.5, 0.6) is 5.75 Å². The van der Waals surface area contributed by atoms with Crippen molar-refractivity contribution in [2.75, 3.05) is 7.11 Å². The van der Waals surface area contributed by atoms with Crippen LogP contribution in [0, 0.1) is 0 Å². The maximum Gasteiger partial charge on any atom is 0.433 e. The van der Waals surface area contributed by atoms with Gasteiger partial charge in [0, 0.05) is 17.1 Å². The number of carbonyl (C=O) groups excluding carboxylic acids is 1. The Morgan fingerprint density at radius 1 is 1.09 bits per heavy atom. The van der Waals surface area contributed by atoms with Crippen molar-refractivity contribution in [2.45, 2.75) is 12.7 Å². The number of ether oxygens (including phenoxy) is 1. The highest BCUT2D eigenvalue weighted by molar-refractivity contribution is 6.30. The Kier molecular flexibility index (Phi) is 5.70. The summed E-state index contributed by atoms with van der Waals surface area (Å²) in [4.78, 5) is 20.5. The van der Waals surface area contributed by atoms with Crippen molar-refractivity contribution in [1.82, 2.24) is 24.9 Å². The Morgan fingerprint density at radius 3 is 2.41 bits per heavy atom. The second-order valence-corrected chi connectivity index (χ2v) is 7.15. The van der Waals surface area contributed by atoms with Crippen LogP contribution in [-0.2, 0) is 12.7 Å². The molecule has 4 rings (SSSR count). The summed E-state index contributed by atoms with van der Waals surface area (Å²) in [7, 11) is 1.48. The first-order valence-electron chi connectivity index (χ1n) is 9.26. The molecule has 0 atom stereocenters. The summed E-state index contributed by atoms with van der Waals surface area (Å²) in [5, 5.41) is 6.85. The zero-order valence-electron chi connectivity index (χ0n) is 16.5. The fraction of sp³-hybridized carbons (Fsp3) is 0.143. The number of benzene rings is 2. The molecule has 164 valence electrons. The van der Waals surface area contributed by atoms with Gasteiger partial charge >= 0.3 is 6.18 Å². The average Bonchev–Trinajstić information content (AvgIpc) is 3.21. The first kappa shape index (κ1) is 21.6. The Morgan fingerprint density at radius 2 is 1.78 bits per heavy atom. The summed E-state index contributed by atoms with van der Waals surface area (Å²) in [5.74, 6) is -0.955. The highest BCUT2D eigenvalue weighted by atomic mass is 35.5. The van der Waals surface area contributed by atoms with Crippen LogP contribution in [-0.4, -0.2) is 32.6 Å². The van der Waals surface area contributed by atoms with E-state index in [0.29, 0.717) is 20.9 Å². The second-order valence-electron chi connectivity index (χ2n) is 6.71. The van der Waals surface area contributed by atoms with Gasteiger partial charge in [-0.3, -0.25) is 4.79 Å². The molecule has 1 N–H and O–H groups in total. The number of hydrogen-bond donors (Lipinski definition) is 1. The number of carbonyl (C=O) groups is 1. The van der Waals surface area contributed by atoms with Crippen molar-refractivity contribution in [2.24, 2.45) is 0 Å². The molecule has 0 spiro atoms. The molecule has 2 aromatic carbocycles. The van der Waals surface area contributed by atoms with Crippen LogP contribution < -0.4 is 10.1 Å². The number of hydrogen-bond acceptors (Lipinski definition) is 5. The van der Waals surface area contributed by atoms with Crippen molar-refractivity contribution in [1.29, 1.82) is 0 Å². The Labute approximate surface area is 184 Å². The summed E-state index contributed by atoms with van der Waals surface area (Å²) in [5.41, 5.74) is 0.114. The lowest BCUT2D eigenvalue weighted by molar-refractivity contribution is -0.142. The van der Waals surface area contributed by atoms with E-state index in [2.05, 4.69) is 20.4 Å². The third-order valence-electron chi connectivity index (χ3n) is 4.56. The number of halogens is 4. The number of nitrogens with zero attached hydrogens (tertiary/aromatic N) is 4. The van der Waals surface area contributed by atoms with Crippen LogP contribution in [0.25, 0.3) is 17.0 Å². The molecule has 0 saturated heterocycles. The zero-order chi connectivity index (χ0) is 22.9. The summed E-state index contributed by atoms with van der Waals surface area (Å²) >= 11 is 5.82. The van der Waals surface area contributed by atoms with Gasteiger partial charge in [0.2, 0.25) is 5.82 Å².